The van der Waals surface area contributed by atoms with Crippen LogP contribution in [-0.4, -0.2) is 56.2 Å². The van der Waals surface area contributed by atoms with Gasteiger partial charge in [0.15, 0.2) is 0 Å². The topological polar surface area (TPSA) is 104 Å². The molecule has 0 spiro atoms. The maximum Gasteiger partial charge on any atom is 0.308 e. The maximum absolute atomic E-state index is 12.3. The highest BCUT2D eigenvalue weighted by molar-refractivity contribution is 7.88. The number of sulfonamides is 1. The largest absolute Gasteiger partial charge is 0.481 e. The van der Waals surface area contributed by atoms with Crippen molar-refractivity contribution in [3.63, 3.8) is 0 Å². The van der Waals surface area contributed by atoms with Crippen molar-refractivity contribution in [2.75, 3.05) is 19.8 Å². The van der Waals surface area contributed by atoms with Crippen LogP contribution in [0.5, 0.6) is 0 Å². The first-order chi connectivity index (χ1) is 8.75. The molecule has 0 fully saturated rings. The monoisotopic (exact) mass is 308 g/mol. The van der Waals surface area contributed by atoms with Gasteiger partial charge in [0.2, 0.25) is 15.9 Å². The predicted molar refractivity (Wildman–Crippen MR) is 75.7 cm³/mol. The standard InChI is InChI=1S/C12H24N2O5S/c1-8(11(16)17)7-14(5)10(15)9(12(2,3)4)13-20(6,18)19/h8-9,13H,7H2,1-6H3,(H,16,17). The number of carbonyl (C=O) groups excluding carboxylic acids is 1. The van der Waals surface area contributed by atoms with Gasteiger partial charge in [0.1, 0.15) is 6.04 Å². The van der Waals surface area contributed by atoms with Crippen LogP contribution < -0.4 is 4.72 Å². The van der Waals surface area contributed by atoms with E-state index in [1.165, 1.54) is 18.9 Å². The van der Waals surface area contributed by atoms with Gasteiger partial charge in [-0.25, -0.2) is 13.1 Å². The molecule has 0 aromatic carbocycles. The van der Waals surface area contributed by atoms with Crippen molar-refractivity contribution >= 4 is 21.9 Å². The normalized spacial score (nSPS) is 15.5. The van der Waals surface area contributed by atoms with E-state index in [1.807, 2.05) is 0 Å². The molecular weight excluding hydrogens is 284 g/mol. The Morgan fingerprint density at radius 1 is 1.30 bits per heavy atom. The molecule has 20 heavy (non-hydrogen) atoms. The second kappa shape index (κ2) is 6.53. The molecule has 0 bridgehead atoms. The van der Waals surface area contributed by atoms with Crippen molar-refractivity contribution in [1.82, 2.24) is 9.62 Å². The van der Waals surface area contributed by atoms with Gasteiger partial charge in [-0.15, -0.1) is 0 Å². The molecule has 0 aliphatic carbocycles. The Hall–Kier alpha value is -1.15. The summed E-state index contributed by atoms with van der Waals surface area (Å²) >= 11 is 0. The van der Waals surface area contributed by atoms with Gasteiger partial charge < -0.3 is 10.0 Å². The number of carbonyl (C=O) groups is 2. The van der Waals surface area contributed by atoms with Crippen LogP contribution in [0.15, 0.2) is 0 Å². The highest BCUT2D eigenvalue weighted by atomic mass is 32.2. The number of hydrogen-bond donors (Lipinski definition) is 2. The number of rotatable bonds is 6. The summed E-state index contributed by atoms with van der Waals surface area (Å²) in [6.07, 6.45) is 0.985. The zero-order chi connectivity index (χ0) is 16.3. The first kappa shape index (κ1) is 18.9. The third-order valence-electron chi connectivity index (χ3n) is 2.79. The highest BCUT2D eigenvalue weighted by Crippen LogP contribution is 2.21. The highest BCUT2D eigenvalue weighted by Gasteiger charge is 2.36. The van der Waals surface area contributed by atoms with E-state index in [-0.39, 0.29) is 6.54 Å². The van der Waals surface area contributed by atoms with Crippen LogP contribution in [-0.2, 0) is 19.6 Å². The van der Waals surface area contributed by atoms with Gasteiger partial charge in [-0.2, -0.15) is 0 Å². The first-order valence-electron chi connectivity index (χ1n) is 6.20. The van der Waals surface area contributed by atoms with Gasteiger partial charge in [0.05, 0.1) is 12.2 Å². The first-order valence-corrected chi connectivity index (χ1v) is 8.10. The lowest BCUT2D eigenvalue weighted by Crippen LogP contribution is -2.54. The number of amides is 1. The van der Waals surface area contributed by atoms with Crippen LogP contribution in [0.1, 0.15) is 27.7 Å². The Labute approximate surface area is 120 Å². The van der Waals surface area contributed by atoms with Crippen molar-refractivity contribution in [3.8, 4) is 0 Å². The summed E-state index contributed by atoms with van der Waals surface area (Å²) in [6.45, 7) is 6.72. The molecule has 2 N–H and O–H groups in total. The molecule has 2 atom stereocenters. The number of carboxylic acids is 1. The van der Waals surface area contributed by atoms with Crippen molar-refractivity contribution in [2.45, 2.75) is 33.7 Å². The van der Waals surface area contributed by atoms with Crippen LogP contribution in [0.4, 0.5) is 0 Å². The Kier molecular flexibility index (Phi) is 6.16. The van der Waals surface area contributed by atoms with Crippen LogP contribution in [0, 0.1) is 11.3 Å². The third kappa shape index (κ3) is 6.33. The fourth-order valence-corrected chi connectivity index (χ4v) is 2.49. The third-order valence-corrected chi connectivity index (χ3v) is 3.45. The average molecular weight is 308 g/mol. The summed E-state index contributed by atoms with van der Waals surface area (Å²) in [4.78, 5) is 24.4. The number of nitrogens with one attached hydrogen (secondary N) is 1. The summed E-state index contributed by atoms with van der Waals surface area (Å²) in [5.74, 6) is -2.17. The molecular formula is C12H24N2O5S. The van der Waals surface area contributed by atoms with Crippen LogP contribution in [0.2, 0.25) is 0 Å². The van der Waals surface area contributed by atoms with Gasteiger partial charge >= 0.3 is 5.97 Å². The van der Waals surface area contributed by atoms with Crippen molar-refractivity contribution in [1.29, 1.82) is 0 Å². The Morgan fingerprint density at radius 2 is 1.75 bits per heavy atom. The van der Waals surface area contributed by atoms with Gasteiger partial charge in [-0.05, 0) is 5.41 Å². The molecule has 0 aromatic rings. The van der Waals surface area contributed by atoms with Crippen molar-refractivity contribution in [2.24, 2.45) is 11.3 Å². The smallest absolute Gasteiger partial charge is 0.308 e. The molecule has 2 unspecified atom stereocenters. The zero-order valence-electron chi connectivity index (χ0n) is 12.8. The fraction of sp³-hybridized carbons (Fsp3) is 0.833. The lowest BCUT2D eigenvalue weighted by molar-refractivity contribution is -0.143. The average Bonchev–Trinajstić information content (AvgIpc) is 2.21. The van der Waals surface area contributed by atoms with Crippen LogP contribution in [0.3, 0.4) is 0 Å². The van der Waals surface area contributed by atoms with Gasteiger partial charge in [-0.1, -0.05) is 27.7 Å². The van der Waals surface area contributed by atoms with E-state index < -0.39 is 39.3 Å². The molecule has 0 saturated carbocycles. The van der Waals surface area contributed by atoms with Gasteiger partial charge in [-0.3, -0.25) is 9.59 Å². The molecule has 7 nitrogen and oxygen atoms in total. The van der Waals surface area contributed by atoms with Crippen molar-refractivity contribution < 1.29 is 23.1 Å². The molecule has 0 aliphatic rings. The molecule has 8 heteroatoms. The SMILES string of the molecule is CC(CN(C)C(=O)C(NS(C)(=O)=O)C(C)(C)C)C(=O)O. The second-order valence-electron chi connectivity index (χ2n) is 6.15. The molecule has 0 radical (unpaired) electrons. The molecule has 0 aromatic heterocycles. The maximum atomic E-state index is 12.3. The summed E-state index contributed by atoms with van der Waals surface area (Å²) in [7, 11) is -2.08. The lowest BCUT2D eigenvalue weighted by Gasteiger charge is -2.33. The van der Waals surface area contributed by atoms with E-state index in [0.29, 0.717) is 0 Å². The number of aliphatic carboxylic acids is 1. The Bertz CT molecular complexity index is 467. The van der Waals surface area contributed by atoms with Gasteiger partial charge in [0, 0.05) is 13.6 Å². The fourth-order valence-electron chi connectivity index (χ4n) is 1.61. The summed E-state index contributed by atoms with van der Waals surface area (Å²) in [5.41, 5.74) is -0.624. The molecule has 118 valence electrons. The molecule has 0 saturated heterocycles. The van der Waals surface area contributed by atoms with E-state index in [2.05, 4.69) is 4.72 Å². The minimum atomic E-state index is -3.54. The van der Waals surface area contributed by atoms with E-state index in [9.17, 15) is 18.0 Å². The minimum absolute atomic E-state index is 0.0200. The van der Waals surface area contributed by atoms with E-state index in [1.54, 1.807) is 20.8 Å². The number of hydrogen-bond acceptors (Lipinski definition) is 4. The second-order valence-corrected chi connectivity index (χ2v) is 7.93. The molecule has 0 rings (SSSR count). The summed E-state index contributed by atoms with van der Waals surface area (Å²) in [5, 5.41) is 8.85. The van der Waals surface area contributed by atoms with Gasteiger partial charge in [0.25, 0.3) is 0 Å². The quantitative estimate of drug-likeness (QED) is 0.726. The molecule has 0 aliphatic heterocycles. The van der Waals surface area contributed by atoms with E-state index in [0.717, 1.165) is 6.26 Å². The Morgan fingerprint density at radius 3 is 2.05 bits per heavy atom. The molecule has 0 heterocycles. The Balaban J connectivity index is 5.10. The number of nitrogens with zero attached hydrogens (tertiary/aromatic N) is 1. The zero-order valence-corrected chi connectivity index (χ0v) is 13.6. The predicted octanol–water partition coefficient (Wildman–Crippen LogP) is 0.129. The molecule has 1 amide bonds. The van der Waals surface area contributed by atoms with Crippen molar-refractivity contribution in [3.05, 3.63) is 0 Å². The lowest BCUT2D eigenvalue weighted by atomic mass is 9.86. The van der Waals surface area contributed by atoms with Crippen LogP contribution in [0.25, 0.3) is 0 Å². The summed E-state index contributed by atoms with van der Waals surface area (Å²) < 4.78 is 25.1. The number of carboxylic acid groups (broad SMARTS) is 1. The van der Waals surface area contributed by atoms with E-state index in [4.69, 9.17) is 5.11 Å². The summed E-state index contributed by atoms with van der Waals surface area (Å²) in [6, 6.07) is -0.941. The van der Waals surface area contributed by atoms with E-state index >= 15 is 0 Å². The number of likely N-dealkylation sites (N-methyl/N-ethyl adjacent to an activating group) is 1. The minimum Gasteiger partial charge on any atom is -0.481 e. The van der Waals surface area contributed by atoms with Crippen LogP contribution >= 0.6 is 0 Å².